The van der Waals surface area contributed by atoms with Gasteiger partial charge < -0.3 is 4.74 Å². The number of rotatable bonds is 0. The lowest BCUT2D eigenvalue weighted by molar-refractivity contribution is 0.0508. The molecule has 0 radical (unpaired) electrons. The normalized spacial score (nSPS) is 39.1. The molecule has 8 atom stereocenters. The smallest absolute Gasteiger partial charge is 0.170 e. The van der Waals surface area contributed by atoms with Crippen molar-refractivity contribution < 1.29 is 14.3 Å². The third-order valence-corrected chi connectivity index (χ3v) is 13.3. The van der Waals surface area contributed by atoms with Gasteiger partial charge in [-0.25, -0.2) is 0 Å². The largest absolute Gasteiger partial charge is 0.364 e. The molecule has 2 unspecified atom stereocenters. The third-order valence-electron chi connectivity index (χ3n) is 13.3. The molecule has 0 amide bonds. The lowest BCUT2D eigenvalue weighted by atomic mass is 9.52. The molecule has 6 aliphatic rings. The Morgan fingerprint density at radius 3 is 1.24 bits per heavy atom. The first-order valence-corrected chi connectivity index (χ1v) is 14.9. The first-order chi connectivity index (χ1) is 19.7. The molecule has 2 bridgehead atoms. The zero-order chi connectivity index (χ0) is 27.8. The Morgan fingerprint density at radius 1 is 0.512 bits per heavy atom. The van der Waals surface area contributed by atoms with Crippen molar-refractivity contribution in [3.05, 3.63) is 141 Å². The quantitative estimate of drug-likeness (QED) is 0.236. The molecule has 41 heavy (non-hydrogen) atoms. The summed E-state index contributed by atoms with van der Waals surface area (Å²) in [4.78, 5) is 27.7. The van der Waals surface area contributed by atoms with Crippen molar-refractivity contribution in [2.45, 2.75) is 56.1 Å². The summed E-state index contributed by atoms with van der Waals surface area (Å²) in [5.74, 6) is -0.790. The van der Waals surface area contributed by atoms with Crippen molar-refractivity contribution in [1.29, 1.82) is 0 Å². The topological polar surface area (TPSA) is 43.4 Å². The molecule has 3 heteroatoms. The minimum atomic E-state index is -0.449. The minimum absolute atomic E-state index is 0.0542. The van der Waals surface area contributed by atoms with E-state index in [1.165, 1.54) is 33.4 Å². The van der Waals surface area contributed by atoms with E-state index >= 15 is 0 Å². The maximum Gasteiger partial charge on any atom is 0.170 e. The summed E-state index contributed by atoms with van der Waals surface area (Å²) in [6.45, 7) is 9.91. The number of hydrogen-bond donors (Lipinski definition) is 0. The zero-order valence-electron chi connectivity index (χ0n) is 23.6. The number of carbonyl (C=O) groups is 2. The fourth-order valence-corrected chi connectivity index (χ4v) is 11.3. The number of benzene rings is 4. The second-order valence-electron chi connectivity index (χ2n) is 13.9. The van der Waals surface area contributed by atoms with Crippen molar-refractivity contribution in [2.75, 3.05) is 0 Å². The molecule has 3 nitrogen and oxygen atoms in total. The van der Waals surface area contributed by atoms with Crippen LogP contribution in [0.3, 0.4) is 0 Å². The SMILES string of the molecule is CC12c3ccccc3[C@@]3(C)c4cc5c(cc4[C@@](C)(c4ccccc41)C23C)[C@@H]1O[C@H]5[C@@H]2C(=O)c3ccccc3C(=O)[C@@H]21. The molecule has 1 saturated heterocycles. The van der Waals surface area contributed by atoms with Gasteiger partial charge in [0.15, 0.2) is 11.6 Å². The molecule has 10 rings (SSSR count). The number of ether oxygens (including phenoxy) is 1. The standard InChI is InChI=1S/C38H30O3/c1-35-23-13-7-9-15-25(23)36(2)27-17-21-22(18-28(27)37(3,38(35,36)4)26-16-10-8-14-24(26)35)34-30-29(33(21)41-34)31(39)19-11-5-6-12-20(19)32(30)40/h5-18,29-30,33-34H,1-4H3/t29-,30+,33+,34-,35?,36-,37+,38?. The summed E-state index contributed by atoms with van der Waals surface area (Å²) in [6, 6.07) is 30.2. The highest BCUT2D eigenvalue weighted by Crippen LogP contribution is 2.82. The Morgan fingerprint density at radius 2 is 0.854 bits per heavy atom. The average molecular weight is 535 g/mol. The van der Waals surface area contributed by atoms with E-state index in [1.807, 2.05) is 12.1 Å². The number of fused-ring (bicyclic) bond motifs is 18. The summed E-state index contributed by atoms with van der Waals surface area (Å²) >= 11 is 0. The van der Waals surface area contributed by atoms with Gasteiger partial charge in [-0.3, -0.25) is 9.59 Å². The van der Waals surface area contributed by atoms with Crippen LogP contribution in [0.1, 0.15) is 105 Å². The summed E-state index contributed by atoms with van der Waals surface area (Å²) in [5.41, 5.74) is 10.9. The monoisotopic (exact) mass is 534 g/mol. The zero-order valence-corrected chi connectivity index (χ0v) is 23.6. The van der Waals surface area contributed by atoms with E-state index in [-0.39, 0.29) is 45.4 Å². The van der Waals surface area contributed by atoms with Gasteiger partial charge in [0.05, 0.1) is 24.0 Å². The number of carbonyl (C=O) groups excluding carboxylic acids is 2. The molecular formula is C38H30O3. The van der Waals surface area contributed by atoms with Crippen LogP contribution >= 0.6 is 0 Å². The van der Waals surface area contributed by atoms with E-state index in [9.17, 15) is 9.59 Å². The Kier molecular flexibility index (Phi) is 3.60. The second kappa shape index (κ2) is 6.47. The van der Waals surface area contributed by atoms with Gasteiger partial charge in [0.25, 0.3) is 0 Å². The summed E-state index contributed by atoms with van der Waals surface area (Å²) in [7, 11) is 0. The van der Waals surface area contributed by atoms with Crippen LogP contribution < -0.4 is 0 Å². The van der Waals surface area contributed by atoms with E-state index in [0.29, 0.717) is 11.1 Å². The molecule has 0 N–H and O–H groups in total. The predicted molar refractivity (Wildman–Crippen MR) is 155 cm³/mol. The second-order valence-corrected chi connectivity index (χ2v) is 13.9. The van der Waals surface area contributed by atoms with Crippen LogP contribution in [0.15, 0.2) is 84.9 Å². The van der Waals surface area contributed by atoms with Gasteiger partial charge >= 0.3 is 0 Å². The van der Waals surface area contributed by atoms with E-state index in [1.54, 1.807) is 12.1 Å². The van der Waals surface area contributed by atoms with Gasteiger partial charge in [-0.1, -0.05) is 113 Å². The summed E-state index contributed by atoms with van der Waals surface area (Å²) < 4.78 is 6.64. The molecule has 1 fully saturated rings. The van der Waals surface area contributed by atoms with Crippen molar-refractivity contribution in [2.24, 2.45) is 17.3 Å². The van der Waals surface area contributed by atoms with E-state index in [4.69, 9.17) is 4.74 Å². The first kappa shape index (κ1) is 22.8. The number of hydrogen-bond acceptors (Lipinski definition) is 3. The maximum atomic E-state index is 13.8. The third kappa shape index (κ3) is 1.93. The van der Waals surface area contributed by atoms with Gasteiger partial charge in [0.1, 0.15) is 0 Å². The molecule has 0 saturated carbocycles. The van der Waals surface area contributed by atoms with Crippen molar-refractivity contribution in [3.63, 3.8) is 0 Å². The maximum absolute atomic E-state index is 13.8. The fraction of sp³-hybridized carbons (Fsp3) is 0.316. The molecule has 4 aromatic carbocycles. The van der Waals surface area contributed by atoms with Crippen LogP contribution in [-0.4, -0.2) is 11.6 Å². The van der Waals surface area contributed by atoms with Gasteiger partial charge in [-0.2, -0.15) is 0 Å². The van der Waals surface area contributed by atoms with Crippen molar-refractivity contribution in [1.82, 2.24) is 0 Å². The van der Waals surface area contributed by atoms with Crippen molar-refractivity contribution >= 4 is 11.6 Å². The Hall–Kier alpha value is -3.82. The highest BCUT2D eigenvalue weighted by molar-refractivity contribution is 6.17. The van der Waals surface area contributed by atoms with Crippen LogP contribution in [0, 0.1) is 17.3 Å². The Balaban J connectivity index is 1.27. The Bertz CT molecular complexity index is 1830. The van der Waals surface area contributed by atoms with Crippen LogP contribution in [0.2, 0.25) is 0 Å². The fourth-order valence-electron chi connectivity index (χ4n) is 11.3. The van der Waals surface area contributed by atoms with Crippen LogP contribution in [0.4, 0.5) is 0 Å². The average Bonchev–Trinajstić information content (AvgIpc) is 3.69. The minimum Gasteiger partial charge on any atom is -0.364 e. The highest BCUT2D eigenvalue weighted by atomic mass is 16.5. The van der Waals surface area contributed by atoms with Crippen LogP contribution in [0.5, 0.6) is 0 Å². The lowest BCUT2D eigenvalue weighted by Gasteiger charge is -2.49. The molecule has 4 aromatic rings. The molecule has 200 valence electrons. The number of Topliss-reactive ketones (excluding diaryl/α,β-unsaturated/α-hetero) is 2. The van der Waals surface area contributed by atoms with Gasteiger partial charge in [0.2, 0.25) is 0 Å². The summed E-state index contributed by atoms with van der Waals surface area (Å²) in [6.07, 6.45) is -0.759. The van der Waals surface area contributed by atoms with E-state index in [0.717, 1.165) is 11.1 Å². The molecule has 2 aliphatic heterocycles. The van der Waals surface area contributed by atoms with E-state index < -0.39 is 11.8 Å². The number of ketones is 2. The van der Waals surface area contributed by atoms with Crippen molar-refractivity contribution in [3.8, 4) is 0 Å². The lowest BCUT2D eigenvalue weighted by Crippen LogP contribution is -2.51. The molecule has 2 heterocycles. The first-order valence-electron chi connectivity index (χ1n) is 14.9. The van der Waals surface area contributed by atoms with Gasteiger partial charge in [-0.05, 0) is 44.5 Å². The van der Waals surface area contributed by atoms with E-state index in [2.05, 4.69) is 88.4 Å². The van der Waals surface area contributed by atoms with Crippen LogP contribution in [0.25, 0.3) is 0 Å². The molecule has 0 aromatic heterocycles. The van der Waals surface area contributed by atoms with Gasteiger partial charge in [0, 0.05) is 32.8 Å². The Labute approximate surface area is 239 Å². The molecule has 0 spiro atoms. The van der Waals surface area contributed by atoms with Gasteiger partial charge in [-0.15, -0.1) is 0 Å². The molecule has 4 aliphatic carbocycles. The molecular weight excluding hydrogens is 504 g/mol. The van der Waals surface area contributed by atoms with Crippen LogP contribution in [-0.2, 0) is 21.0 Å². The highest BCUT2D eigenvalue weighted by Gasteiger charge is 2.80. The summed E-state index contributed by atoms with van der Waals surface area (Å²) in [5, 5.41) is 0. The predicted octanol–water partition coefficient (Wildman–Crippen LogP) is 7.39.